The van der Waals surface area contributed by atoms with Gasteiger partial charge in [-0.2, -0.15) is 8.75 Å². The van der Waals surface area contributed by atoms with Gasteiger partial charge < -0.3 is 10.2 Å². The second-order valence-electron chi connectivity index (χ2n) is 4.63. The van der Waals surface area contributed by atoms with Gasteiger partial charge in [-0.15, -0.1) is 0 Å². The van der Waals surface area contributed by atoms with E-state index in [0.29, 0.717) is 22.2 Å². The standard InChI is InChI=1S/C14H9N3O4S/c1-6-2-3-8(12-11(6)16-22-17-12)7-4-9(13(18)19)15-10(5-7)14(20)21/h2-5H,1H3,(H,18,19)(H,20,21). The van der Waals surface area contributed by atoms with Crippen LogP contribution in [-0.4, -0.2) is 35.9 Å². The molecule has 0 bridgehead atoms. The summed E-state index contributed by atoms with van der Waals surface area (Å²) < 4.78 is 8.42. The molecule has 2 N–H and O–H groups in total. The van der Waals surface area contributed by atoms with E-state index in [2.05, 4.69) is 13.7 Å². The second-order valence-corrected chi connectivity index (χ2v) is 5.16. The molecule has 8 heteroatoms. The highest BCUT2D eigenvalue weighted by Gasteiger charge is 2.17. The van der Waals surface area contributed by atoms with E-state index >= 15 is 0 Å². The Bertz CT molecular complexity index is 887. The summed E-state index contributed by atoms with van der Waals surface area (Å²) in [6, 6.07) is 6.27. The maximum absolute atomic E-state index is 11.1. The van der Waals surface area contributed by atoms with E-state index in [1.807, 2.05) is 13.0 Å². The molecular formula is C14H9N3O4S. The lowest BCUT2D eigenvalue weighted by molar-refractivity contribution is 0.0685. The van der Waals surface area contributed by atoms with Crippen LogP contribution in [0.3, 0.4) is 0 Å². The third kappa shape index (κ3) is 2.29. The first-order chi connectivity index (χ1) is 10.5. The molecule has 0 radical (unpaired) electrons. The Morgan fingerprint density at radius 3 is 2.18 bits per heavy atom. The van der Waals surface area contributed by atoms with Gasteiger partial charge >= 0.3 is 11.9 Å². The van der Waals surface area contributed by atoms with E-state index in [1.54, 1.807) is 6.07 Å². The number of pyridine rings is 1. The summed E-state index contributed by atoms with van der Waals surface area (Å²) in [4.78, 5) is 25.9. The van der Waals surface area contributed by atoms with Crippen molar-refractivity contribution in [3.8, 4) is 11.1 Å². The molecule has 0 aliphatic heterocycles. The molecule has 3 aromatic rings. The van der Waals surface area contributed by atoms with Crippen molar-refractivity contribution in [3.05, 3.63) is 41.2 Å². The lowest BCUT2D eigenvalue weighted by Crippen LogP contribution is -2.08. The average Bonchev–Trinajstić information content (AvgIpc) is 2.97. The molecule has 0 amide bonds. The van der Waals surface area contributed by atoms with Gasteiger partial charge in [0.1, 0.15) is 22.4 Å². The van der Waals surface area contributed by atoms with Crippen LogP contribution in [0.25, 0.3) is 22.2 Å². The van der Waals surface area contributed by atoms with Gasteiger partial charge in [-0.1, -0.05) is 12.1 Å². The monoisotopic (exact) mass is 315 g/mol. The van der Waals surface area contributed by atoms with Crippen molar-refractivity contribution in [1.29, 1.82) is 0 Å². The van der Waals surface area contributed by atoms with Gasteiger partial charge in [0.15, 0.2) is 0 Å². The molecule has 3 rings (SSSR count). The van der Waals surface area contributed by atoms with Crippen LogP contribution in [0.4, 0.5) is 0 Å². The summed E-state index contributed by atoms with van der Waals surface area (Å²) in [5, 5.41) is 18.2. The molecule has 2 aromatic heterocycles. The maximum Gasteiger partial charge on any atom is 0.354 e. The molecular weight excluding hydrogens is 306 g/mol. The van der Waals surface area contributed by atoms with Crippen LogP contribution < -0.4 is 0 Å². The predicted molar refractivity (Wildman–Crippen MR) is 79.3 cm³/mol. The number of carboxylic acid groups (broad SMARTS) is 2. The molecule has 2 heterocycles. The summed E-state index contributed by atoms with van der Waals surface area (Å²) in [6.07, 6.45) is 0. The highest BCUT2D eigenvalue weighted by atomic mass is 32.1. The van der Waals surface area contributed by atoms with Gasteiger partial charge in [0.05, 0.1) is 11.7 Å². The minimum Gasteiger partial charge on any atom is -0.477 e. The average molecular weight is 315 g/mol. The number of aromatic carboxylic acids is 2. The van der Waals surface area contributed by atoms with E-state index in [-0.39, 0.29) is 11.4 Å². The molecule has 110 valence electrons. The fourth-order valence-corrected chi connectivity index (χ4v) is 2.75. The van der Waals surface area contributed by atoms with Crippen LogP contribution in [-0.2, 0) is 0 Å². The molecule has 1 aromatic carbocycles. The number of aryl methyl sites for hydroxylation is 1. The summed E-state index contributed by atoms with van der Waals surface area (Å²) in [7, 11) is 0. The Morgan fingerprint density at radius 2 is 1.59 bits per heavy atom. The molecule has 0 aliphatic carbocycles. The number of hydrogen-bond donors (Lipinski definition) is 2. The lowest BCUT2D eigenvalue weighted by atomic mass is 10.0. The van der Waals surface area contributed by atoms with Crippen molar-refractivity contribution in [2.75, 3.05) is 0 Å². The lowest BCUT2D eigenvalue weighted by Gasteiger charge is -2.06. The molecule has 0 atom stereocenters. The number of hydrogen-bond acceptors (Lipinski definition) is 6. The number of benzene rings is 1. The van der Waals surface area contributed by atoms with E-state index in [1.165, 1.54) is 12.1 Å². The SMILES string of the molecule is Cc1ccc(-c2cc(C(=O)O)nc(C(=O)O)c2)c2nsnc12. The van der Waals surface area contributed by atoms with Crippen molar-refractivity contribution >= 4 is 34.7 Å². The van der Waals surface area contributed by atoms with Gasteiger partial charge in [0.25, 0.3) is 0 Å². The Hall–Kier alpha value is -2.87. The fourth-order valence-electron chi connectivity index (χ4n) is 2.13. The minimum absolute atomic E-state index is 0.327. The smallest absolute Gasteiger partial charge is 0.354 e. The Morgan fingerprint density at radius 1 is 1.00 bits per heavy atom. The first-order valence-corrected chi connectivity index (χ1v) is 6.91. The van der Waals surface area contributed by atoms with Crippen molar-refractivity contribution < 1.29 is 19.8 Å². The van der Waals surface area contributed by atoms with E-state index in [0.717, 1.165) is 17.3 Å². The highest BCUT2D eigenvalue weighted by molar-refractivity contribution is 7.00. The Kier molecular flexibility index (Phi) is 3.30. The predicted octanol–water partition coefficient (Wildman–Crippen LogP) is 2.46. The molecule has 22 heavy (non-hydrogen) atoms. The number of rotatable bonds is 3. The zero-order chi connectivity index (χ0) is 15.9. The Balaban J connectivity index is 2.30. The van der Waals surface area contributed by atoms with Gasteiger partial charge in [-0.3, -0.25) is 0 Å². The van der Waals surface area contributed by atoms with Crippen LogP contribution >= 0.6 is 11.7 Å². The first-order valence-electron chi connectivity index (χ1n) is 6.18. The van der Waals surface area contributed by atoms with Gasteiger partial charge in [0, 0.05) is 5.56 Å². The van der Waals surface area contributed by atoms with Crippen LogP contribution in [0.15, 0.2) is 24.3 Å². The fraction of sp³-hybridized carbons (Fsp3) is 0.0714. The zero-order valence-corrected chi connectivity index (χ0v) is 12.1. The van der Waals surface area contributed by atoms with Crippen molar-refractivity contribution in [1.82, 2.24) is 13.7 Å². The van der Waals surface area contributed by atoms with Gasteiger partial charge in [-0.05, 0) is 30.2 Å². The maximum atomic E-state index is 11.1. The topological polar surface area (TPSA) is 113 Å². The third-order valence-electron chi connectivity index (χ3n) is 3.19. The number of aromatic nitrogens is 3. The summed E-state index contributed by atoms with van der Waals surface area (Å²) in [6.45, 7) is 1.89. The highest BCUT2D eigenvalue weighted by Crippen LogP contribution is 2.30. The van der Waals surface area contributed by atoms with Crippen LogP contribution in [0, 0.1) is 6.92 Å². The van der Waals surface area contributed by atoms with Gasteiger partial charge in [-0.25, -0.2) is 14.6 Å². The minimum atomic E-state index is -1.29. The second kappa shape index (κ2) is 5.15. The van der Waals surface area contributed by atoms with Crippen LogP contribution in [0.1, 0.15) is 26.5 Å². The molecule has 0 fully saturated rings. The van der Waals surface area contributed by atoms with E-state index in [4.69, 9.17) is 10.2 Å². The van der Waals surface area contributed by atoms with Gasteiger partial charge in [0.2, 0.25) is 0 Å². The normalized spacial score (nSPS) is 10.8. The number of nitrogens with zero attached hydrogens (tertiary/aromatic N) is 3. The third-order valence-corrected chi connectivity index (χ3v) is 3.72. The number of fused-ring (bicyclic) bond motifs is 1. The van der Waals surface area contributed by atoms with Crippen molar-refractivity contribution in [3.63, 3.8) is 0 Å². The summed E-state index contributed by atoms with van der Waals surface area (Å²) in [5.74, 6) is -2.58. The summed E-state index contributed by atoms with van der Waals surface area (Å²) >= 11 is 1.05. The van der Waals surface area contributed by atoms with E-state index in [9.17, 15) is 9.59 Å². The van der Waals surface area contributed by atoms with E-state index < -0.39 is 11.9 Å². The molecule has 0 saturated heterocycles. The number of carboxylic acids is 2. The first kappa shape index (κ1) is 14.1. The van der Waals surface area contributed by atoms with Crippen LogP contribution in [0.5, 0.6) is 0 Å². The largest absolute Gasteiger partial charge is 0.477 e. The molecule has 0 spiro atoms. The summed E-state index contributed by atoms with van der Waals surface area (Å²) in [5.41, 5.74) is 2.68. The molecule has 0 unspecified atom stereocenters. The van der Waals surface area contributed by atoms with Crippen LogP contribution in [0.2, 0.25) is 0 Å². The van der Waals surface area contributed by atoms with Crippen molar-refractivity contribution in [2.45, 2.75) is 6.92 Å². The Labute approximate surface area is 128 Å². The molecule has 0 aliphatic rings. The molecule has 7 nitrogen and oxygen atoms in total. The number of carbonyl (C=O) groups is 2. The quantitative estimate of drug-likeness (QED) is 0.763. The molecule has 0 saturated carbocycles. The van der Waals surface area contributed by atoms with Crippen molar-refractivity contribution in [2.24, 2.45) is 0 Å². The zero-order valence-electron chi connectivity index (χ0n) is 11.3.